The van der Waals surface area contributed by atoms with Crippen molar-refractivity contribution in [1.82, 2.24) is 0 Å². The first kappa shape index (κ1) is 13.7. The van der Waals surface area contributed by atoms with Crippen molar-refractivity contribution < 1.29 is 0 Å². The highest BCUT2D eigenvalue weighted by Gasteiger charge is 2.30. The van der Waals surface area contributed by atoms with Crippen LogP contribution in [-0.4, -0.2) is 5.16 Å². The molecule has 90 valence electrons. The smallest absolute Gasteiger partial charge is 0.00712 e. The van der Waals surface area contributed by atoms with E-state index >= 15 is 0 Å². The predicted molar refractivity (Wildman–Crippen MR) is 77.0 cm³/mol. The molecule has 0 saturated carbocycles. The zero-order valence-corrected chi connectivity index (χ0v) is 12.4. The monoisotopic (exact) mass is 236 g/mol. The fraction of sp³-hybridized carbons (Fsp3) is 0.600. The summed E-state index contributed by atoms with van der Waals surface area (Å²) >= 11 is 0. The number of rotatable bonds is 3. The summed E-state index contributed by atoms with van der Waals surface area (Å²) in [5.41, 5.74) is 1.83. The van der Waals surface area contributed by atoms with E-state index in [1.807, 2.05) is 0 Å². The summed E-state index contributed by atoms with van der Waals surface area (Å²) in [5.74, 6) is 0.596. The van der Waals surface area contributed by atoms with Crippen molar-refractivity contribution in [3.63, 3.8) is 0 Å². The van der Waals surface area contributed by atoms with Gasteiger partial charge in [-0.2, -0.15) is 0 Å². The fourth-order valence-electron chi connectivity index (χ4n) is 2.11. The quantitative estimate of drug-likeness (QED) is 0.657. The first-order valence-corrected chi connectivity index (χ1v) is 6.62. The summed E-state index contributed by atoms with van der Waals surface area (Å²) < 4.78 is 0. The van der Waals surface area contributed by atoms with Gasteiger partial charge in [0.1, 0.15) is 0 Å². The fourth-order valence-corrected chi connectivity index (χ4v) is 2.42. The van der Waals surface area contributed by atoms with Crippen molar-refractivity contribution in [3.8, 4) is 0 Å². The van der Waals surface area contributed by atoms with Crippen molar-refractivity contribution in [2.45, 2.75) is 52.1 Å². The van der Waals surface area contributed by atoms with Crippen molar-refractivity contribution >= 4 is 9.24 Å². The second-order valence-corrected chi connectivity index (χ2v) is 8.04. The maximum Gasteiger partial charge on any atom is -0.00712 e. The molecule has 2 atom stereocenters. The topological polar surface area (TPSA) is 0 Å². The molecular weight excluding hydrogens is 211 g/mol. The third-order valence-electron chi connectivity index (χ3n) is 2.92. The largest absolute Gasteiger partial charge is 0.131 e. The SMILES string of the molecule is CC(C)(C)CC(c1ccccc1)C(C)(C)P. The predicted octanol–water partition coefficient (Wildman–Crippen LogP) is 4.86. The van der Waals surface area contributed by atoms with Crippen LogP contribution < -0.4 is 0 Å². The molecule has 0 N–H and O–H groups in total. The van der Waals surface area contributed by atoms with E-state index in [1.165, 1.54) is 12.0 Å². The van der Waals surface area contributed by atoms with Crippen LogP contribution in [0.15, 0.2) is 30.3 Å². The number of hydrogen-bond donors (Lipinski definition) is 0. The molecule has 1 heteroatoms. The molecular formula is C15H25P. The average Bonchev–Trinajstić information content (AvgIpc) is 2.13. The van der Waals surface area contributed by atoms with Gasteiger partial charge < -0.3 is 0 Å². The van der Waals surface area contributed by atoms with E-state index in [0.717, 1.165) is 0 Å². The van der Waals surface area contributed by atoms with Gasteiger partial charge in [0.05, 0.1) is 0 Å². The van der Waals surface area contributed by atoms with E-state index < -0.39 is 0 Å². The Morgan fingerprint density at radius 1 is 1.00 bits per heavy atom. The van der Waals surface area contributed by atoms with E-state index in [9.17, 15) is 0 Å². The molecule has 0 spiro atoms. The van der Waals surface area contributed by atoms with Crippen LogP contribution in [0.2, 0.25) is 0 Å². The Hall–Kier alpha value is -0.350. The maximum atomic E-state index is 3.01. The zero-order valence-electron chi connectivity index (χ0n) is 11.2. The number of benzene rings is 1. The van der Waals surface area contributed by atoms with Gasteiger partial charge in [-0.15, -0.1) is 9.24 Å². The first-order chi connectivity index (χ1) is 7.20. The van der Waals surface area contributed by atoms with Crippen LogP contribution in [0.3, 0.4) is 0 Å². The van der Waals surface area contributed by atoms with Crippen molar-refractivity contribution in [2.75, 3.05) is 0 Å². The van der Waals surface area contributed by atoms with Gasteiger partial charge in [-0.25, -0.2) is 0 Å². The molecule has 1 rings (SSSR count). The Kier molecular flexibility index (Phi) is 4.18. The van der Waals surface area contributed by atoms with Gasteiger partial charge in [0, 0.05) is 0 Å². The molecule has 0 radical (unpaired) electrons. The van der Waals surface area contributed by atoms with E-state index in [4.69, 9.17) is 0 Å². The molecule has 1 aromatic rings. The summed E-state index contributed by atoms with van der Waals surface area (Å²) in [6.07, 6.45) is 1.22. The third kappa shape index (κ3) is 4.26. The third-order valence-corrected chi connectivity index (χ3v) is 3.32. The molecule has 0 bridgehead atoms. The molecule has 0 aliphatic heterocycles. The lowest BCUT2D eigenvalue weighted by molar-refractivity contribution is 0.314. The number of hydrogen-bond acceptors (Lipinski definition) is 0. The van der Waals surface area contributed by atoms with E-state index in [0.29, 0.717) is 11.3 Å². The van der Waals surface area contributed by atoms with Gasteiger partial charge in [-0.1, -0.05) is 65.0 Å². The summed E-state index contributed by atoms with van der Waals surface area (Å²) in [5, 5.41) is 0.245. The summed E-state index contributed by atoms with van der Waals surface area (Å²) in [6, 6.07) is 10.9. The lowest BCUT2D eigenvalue weighted by Crippen LogP contribution is -2.26. The van der Waals surface area contributed by atoms with Crippen LogP contribution >= 0.6 is 9.24 Å². The van der Waals surface area contributed by atoms with E-state index in [1.54, 1.807) is 0 Å². The second kappa shape index (κ2) is 4.88. The maximum absolute atomic E-state index is 3.01. The molecule has 0 fully saturated rings. The van der Waals surface area contributed by atoms with Crippen LogP contribution in [0.4, 0.5) is 0 Å². The van der Waals surface area contributed by atoms with Gasteiger partial charge >= 0.3 is 0 Å². The molecule has 0 heterocycles. The van der Waals surface area contributed by atoms with Crippen LogP contribution in [0, 0.1) is 5.41 Å². The molecule has 0 aliphatic rings. The molecule has 0 amide bonds. The van der Waals surface area contributed by atoms with Gasteiger partial charge in [-0.05, 0) is 28.5 Å². The Balaban J connectivity index is 2.98. The molecule has 0 aliphatic carbocycles. The van der Waals surface area contributed by atoms with Crippen LogP contribution in [0.1, 0.15) is 52.5 Å². The van der Waals surface area contributed by atoms with Gasteiger partial charge in [0.2, 0.25) is 0 Å². The highest BCUT2D eigenvalue weighted by atomic mass is 31.0. The van der Waals surface area contributed by atoms with Crippen LogP contribution in [0.25, 0.3) is 0 Å². The van der Waals surface area contributed by atoms with Crippen LogP contribution in [-0.2, 0) is 0 Å². The van der Waals surface area contributed by atoms with E-state index in [-0.39, 0.29) is 5.16 Å². The summed E-state index contributed by atoms with van der Waals surface area (Å²) in [7, 11) is 3.01. The molecule has 1 aromatic carbocycles. The van der Waals surface area contributed by atoms with Gasteiger partial charge in [0.25, 0.3) is 0 Å². The summed E-state index contributed by atoms with van der Waals surface area (Å²) in [6.45, 7) is 11.6. The Bertz CT molecular complexity index is 314. The second-order valence-electron chi connectivity index (χ2n) is 6.55. The minimum Gasteiger partial charge on any atom is -0.131 e. The van der Waals surface area contributed by atoms with E-state index in [2.05, 4.69) is 74.2 Å². The molecule has 0 nitrogen and oxygen atoms in total. The standard InChI is InChI=1S/C15H25P/c1-14(2,3)11-13(15(4,5)16)12-9-7-6-8-10-12/h6-10,13H,11,16H2,1-5H3. The first-order valence-electron chi connectivity index (χ1n) is 6.04. The Morgan fingerprint density at radius 3 is 1.88 bits per heavy atom. The Morgan fingerprint density at radius 2 is 1.50 bits per heavy atom. The van der Waals surface area contributed by atoms with Gasteiger partial charge in [-0.3, -0.25) is 0 Å². The Labute approximate surface area is 103 Å². The van der Waals surface area contributed by atoms with Crippen LogP contribution in [0.5, 0.6) is 0 Å². The molecule has 16 heavy (non-hydrogen) atoms. The molecule has 0 saturated heterocycles. The molecule has 2 unspecified atom stereocenters. The van der Waals surface area contributed by atoms with Crippen molar-refractivity contribution in [2.24, 2.45) is 5.41 Å². The zero-order chi connectivity index (χ0) is 12.4. The average molecular weight is 236 g/mol. The van der Waals surface area contributed by atoms with Crippen molar-refractivity contribution in [3.05, 3.63) is 35.9 Å². The van der Waals surface area contributed by atoms with Crippen molar-refractivity contribution in [1.29, 1.82) is 0 Å². The normalized spacial score (nSPS) is 14.9. The minimum atomic E-state index is 0.245. The lowest BCUT2D eigenvalue weighted by atomic mass is 9.76. The minimum absolute atomic E-state index is 0.245. The summed E-state index contributed by atoms with van der Waals surface area (Å²) in [4.78, 5) is 0. The highest BCUT2D eigenvalue weighted by molar-refractivity contribution is 7.18. The van der Waals surface area contributed by atoms with Gasteiger partial charge in [0.15, 0.2) is 0 Å². The highest BCUT2D eigenvalue weighted by Crippen LogP contribution is 2.42. The lowest BCUT2D eigenvalue weighted by Gasteiger charge is -2.36. The molecule has 0 aromatic heterocycles.